The molecule has 2 aromatic rings. The normalized spacial score (nSPS) is 10.7. The summed E-state index contributed by atoms with van der Waals surface area (Å²) in [6, 6.07) is 17.0. The van der Waals surface area contributed by atoms with E-state index in [4.69, 9.17) is 0 Å². The van der Waals surface area contributed by atoms with Gasteiger partial charge < -0.3 is 5.32 Å². The lowest BCUT2D eigenvalue weighted by molar-refractivity contribution is 0.648. The van der Waals surface area contributed by atoms with Gasteiger partial charge in [0.15, 0.2) is 0 Å². The number of hydrogen-bond donors (Lipinski definition) is 1. The first-order valence-electron chi connectivity index (χ1n) is 6.57. The molecule has 0 fully saturated rings. The molecule has 2 rings (SSSR count). The van der Waals surface area contributed by atoms with E-state index < -0.39 is 0 Å². The molecule has 94 valence electrons. The summed E-state index contributed by atoms with van der Waals surface area (Å²) < 4.78 is 0. The molecule has 0 heterocycles. The third kappa shape index (κ3) is 3.13. The zero-order valence-corrected chi connectivity index (χ0v) is 11.4. The Labute approximate surface area is 110 Å². The highest BCUT2D eigenvalue weighted by atomic mass is 14.9. The Kier molecular flexibility index (Phi) is 4.03. The molecule has 1 N–H and O–H groups in total. The van der Waals surface area contributed by atoms with E-state index in [-0.39, 0.29) is 0 Å². The average molecular weight is 239 g/mol. The van der Waals surface area contributed by atoms with E-state index in [0.717, 1.165) is 6.42 Å². The summed E-state index contributed by atoms with van der Waals surface area (Å²) >= 11 is 0. The molecule has 0 saturated carbocycles. The Bertz CT molecular complexity index is 515. The Morgan fingerprint density at radius 3 is 2.17 bits per heavy atom. The summed E-state index contributed by atoms with van der Waals surface area (Å²) in [5.41, 5.74) is 5.07. The molecule has 0 unspecified atom stereocenters. The van der Waals surface area contributed by atoms with E-state index in [1.807, 2.05) is 0 Å². The molecule has 0 aliphatic carbocycles. The maximum absolute atomic E-state index is 3.55. The van der Waals surface area contributed by atoms with Crippen molar-refractivity contribution in [2.45, 2.75) is 27.2 Å². The van der Waals surface area contributed by atoms with Crippen molar-refractivity contribution in [2.75, 3.05) is 5.32 Å². The molecule has 0 radical (unpaired) electrons. The van der Waals surface area contributed by atoms with E-state index in [2.05, 4.69) is 74.6 Å². The molecular formula is C17H21N. The summed E-state index contributed by atoms with van der Waals surface area (Å²) in [7, 11) is 0. The van der Waals surface area contributed by atoms with Crippen LogP contribution in [-0.2, 0) is 6.42 Å². The maximum Gasteiger partial charge on any atom is 0.0416 e. The number of rotatable bonds is 4. The number of benzene rings is 2. The Balaban J connectivity index is 2.26. The van der Waals surface area contributed by atoms with Gasteiger partial charge in [0.05, 0.1) is 0 Å². The predicted molar refractivity (Wildman–Crippen MR) is 79.4 cm³/mol. The van der Waals surface area contributed by atoms with Crippen molar-refractivity contribution in [3.05, 3.63) is 59.7 Å². The van der Waals surface area contributed by atoms with Crippen LogP contribution in [0.15, 0.2) is 48.5 Å². The Morgan fingerprint density at radius 1 is 0.889 bits per heavy atom. The lowest BCUT2D eigenvalue weighted by atomic mass is 10.0. The van der Waals surface area contributed by atoms with Crippen LogP contribution in [0, 0.1) is 12.8 Å². The Morgan fingerprint density at radius 2 is 1.50 bits per heavy atom. The van der Waals surface area contributed by atoms with Gasteiger partial charge in [0.1, 0.15) is 0 Å². The van der Waals surface area contributed by atoms with Gasteiger partial charge >= 0.3 is 0 Å². The lowest BCUT2D eigenvalue weighted by Crippen LogP contribution is -2.00. The third-order valence-corrected chi connectivity index (χ3v) is 3.06. The smallest absolute Gasteiger partial charge is 0.0416 e. The SMILES string of the molecule is Cc1ccccc1Nc1ccccc1CC(C)C. The minimum absolute atomic E-state index is 0.671. The highest BCUT2D eigenvalue weighted by molar-refractivity contribution is 5.65. The van der Waals surface area contributed by atoms with E-state index in [1.165, 1.54) is 22.5 Å². The molecule has 2 aromatic carbocycles. The van der Waals surface area contributed by atoms with Gasteiger partial charge in [-0.25, -0.2) is 0 Å². The lowest BCUT2D eigenvalue weighted by Gasteiger charge is -2.15. The van der Waals surface area contributed by atoms with Gasteiger partial charge in [0.25, 0.3) is 0 Å². The van der Waals surface area contributed by atoms with E-state index in [1.54, 1.807) is 0 Å². The quantitative estimate of drug-likeness (QED) is 0.797. The van der Waals surface area contributed by atoms with Crippen LogP contribution in [0.3, 0.4) is 0 Å². The first kappa shape index (κ1) is 12.7. The summed E-state index contributed by atoms with van der Waals surface area (Å²) in [4.78, 5) is 0. The van der Waals surface area contributed by atoms with Gasteiger partial charge in [-0.15, -0.1) is 0 Å². The van der Waals surface area contributed by atoms with Gasteiger partial charge in [-0.2, -0.15) is 0 Å². The molecule has 0 atom stereocenters. The largest absolute Gasteiger partial charge is 0.355 e. The number of anilines is 2. The molecular weight excluding hydrogens is 218 g/mol. The molecule has 1 nitrogen and oxygen atoms in total. The predicted octanol–water partition coefficient (Wildman–Crippen LogP) is 4.94. The molecule has 0 aliphatic heterocycles. The van der Waals surface area contributed by atoms with Crippen LogP contribution in [0.5, 0.6) is 0 Å². The zero-order chi connectivity index (χ0) is 13.0. The third-order valence-electron chi connectivity index (χ3n) is 3.06. The fraction of sp³-hybridized carbons (Fsp3) is 0.294. The second-order valence-corrected chi connectivity index (χ2v) is 5.20. The minimum Gasteiger partial charge on any atom is -0.355 e. The standard InChI is InChI=1S/C17H21N/c1-13(2)12-15-9-5-7-11-17(15)18-16-10-6-4-8-14(16)3/h4-11,13,18H,12H2,1-3H3. The molecule has 0 aliphatic rings. The van der Waals surface area contributed by atoms with E-state index >= 15 is 0 Å². The van der Waals surface area contributed by atoms with Crippen LogP contribution in [-0.4, -0.2) is 0 Å². The fourth-order valence-corrected chi connectivity index (χ4v) is 2.12. The molecule has 0 bridgehead atoms. The van der Waals surface area contributed by atoms with Gasteiger partial charge in [0, 0.05) is 11.4 Å². The second-order valence-electron chi connectivity index (χ2n) is 5.20. The molecule has 0 amide bonds. The maximum atomic E-state index is 3.55. The second kappa shape index (κ2) is 5.72. The van der Waals surface area contributed by atoms with Gasteiger partial charge in [-0.1, -0.05) is 50.2 Å². The van der Waals surface area contributed by atoms with Crippen LogP contribution in [0.2, 0.25) is 0 Å². The molecule has 0 aromatic heterocycles. The van der Waals surface area contributed by atoms with Crippen molar-refractivity contribution in [3.63, 3.8) is 0 Å². The molecule has 0 saturated heterocycles. The van der Waals surface area contributed by atoms with Crippen molar-refractivity contribution in [1.82, 2.24) is 0 Å². The van der Waals surface area contributed by atoms with E-state index in [0.29, 0.717) is 5.92 Å². The average Bonchev–Trinajstić information content (AvgIpc) is 2.34. The topological polar surface area (TPSA) is 12.0 Å². The van der Waals surface area contributed by atoms with Crippen LogP contribution >= 0.6 is 0 Å². The molecule has 0 spiro atoms. The van der Waals surface area contributed by atoms with Crippen LogP contribution in [0.4, 0.5) is 11.4 Å². The molecule has 18 heavy (non-hydrogen) atoms. The zero-order valence-electron chi connectivity index (χ0n) is 11.4. The minimum atomic E-state index is 0.671. The monoisotopic (exact) mass is 239 g/mol. The highest BCUT2D eigenvalue weighted by Gasteiger charge is 2.05. The van der Waals surface area contributed by atoms with Crippen LogP contribution in [0.25, 0.3) is 0 Å². The Hall–Kier alpha value is -1.76. The van der Waals surface area contributed by atoms with Gasteiger partial charge in [-0.3, -0.25) is 0 Å². The first-order valence-corrected chi connectivity index (χ1v) is 6.57. The van der Waals surface area contributed by atoms with Gasteiger partial charge in [0.2, 0.25) is 0 Å². The van der Waals surface area contributed by atoms with Crippen LogP contribution < -0.4 is 5.32 Å². The van der Waals surface area contributed by atoms with Crippen molar-refractivity contribution >= 4 is 11.4 Å². The number of para-hydroxylation sites is 2. The van der Waals surface area contributed by atoms with Gasteiger partial charge in [-0.05, 0) is 42.5 Å². The number of aryl methyl sites for hydroxylation is 1. The van der Waals surface area contributed by atoms with Crippen molar-refractivity contribution in [2.24, 2.45) is 5.92 Å². The summed E-state index contributed by atoms with van der Waals surface area (Å²) in [6.45, 7) is 6.64. The summed E-state index contributed by atoms with van der Waals surface area (Å²) in [6.07, 6.45) is 1.11. The number of nitrogens with one attached hydrogen (secondary N) is 1. The first-order chi connectivity index (χ1) is 8.66. The van der Waals surface area contributed by atoms with Crippen molar-refractivity contribution < 1.29 is 0 Å². The summed E-state index contributed by atoms with van der Waals surface area (Å²) in [5, 5.41) is 3.55. The van der Waals surface area contributed by atoms with Crippen LogP contribution in [0.1, 0.15) is 25.0 Å². The van der Waals surface area contributed by atoms with Crippen molar-refractivity contribution in [1.29, 1.82) is 0 Å². The summed E-state index contributed by atoms with van der Waals surface area (Å²) in [5.74, 6) is 0.671. The van der Waals surface area contributed by atoms with E-state index in [9.17, 15) is 0 Å². The van der Waals surface area contributed by atoms with Crippen molar-refractivity contribution in [3.8, 4) is 0 Å². The molecule has 1 heteroatoms. The highest BCUT2D eigenvalue weighted by Crippen LogP contribution is 2.24. The fourth-order valence-electron chi connectivity index (χ4n) is 2.12. The number of hydrogen-bond acceptors (Lipinski definition) is 1.